The first kappa shape index (κ1) is 37.2. The summed E-state index contributed by atoms with van der Waals surface area (Å²) in [6.07, 6.45) is 1.63. The topological polar surface area (TPSA) is 166 Å². The highest BCUT2D eigenvalue weighted by Crippen LogP contribution is 2.22. The quantitative estimate of drug-likeness (QED) is 0.146. The molecule has 5 N–H and O–H groups in total. The number of anilines is 1. The van der Waals surface area contributed by atoms with Crippen LogP contribution in [0.15, 0.2) is 65.4 Å². The smallest absolute Gasteiger partial charge is 0.251 e. The highest BCUT2D eigenvalue weighted by molar-refractivity contribution is 7.92. The van der Waals surface area contributed by atoms with E-state index in [1.165, 1.54) is 36.6 Å². The molecule has 0 aliphatic carbocycles. The zero-order valence-electron chi connectivity index (χ0n) is 27.3. The van der Waals surface area contributed by atoms with Crippen molar-refractivity contribution >= 4 is 50.7 Å². The van der Waals surface area contributed by atoms with Crippen molar-refractivity contribution in [2.45, 2.75) is 51.7 Å². The average molecular weight is 685 g/mol. The number of nitrogens with one attached hydrogen (secondary N) is 5. The molecule has 0 radical (unpaired) electrons. The Bertz CT molecular complexity index is 1620. The summed E-state index contributed by atoms with van der Waals surface area (Å²) in [5.74, 6) is -1.42. The molecule has 0 spiro atoms. The third-order valence-corrected chi connectivity index (χ3v) is 9.35. The molecule has 1 aromatic heterocycles. The van der Waals surface area contributed by atoms with Crippen LogP contribution in [0, 0.1) is 0 Å². The molecule has 4 amide bonds. The number of carbonyl (C=O) groups is 4. The van der Waals surface area contributed by atoms with E-state index < -0.39 is 33.9 Å². The van der Waals surface area contributed by atoms with Gasteiger partial charge in [0, 0.05) is 50.3 Å². The number of rotatable bonds is 17. The van der Waals surface area contributed by atoms with Gasteiger partial charge < -0.3 is 26.6 Å². The molecule has 12 nitrogen and oxygen atoms in total. The fourth-order valence-electron chi connectivity index (χ4n) is 4.62. The van der Waals surface area contributed by atoms with Gasteiger partial charge in [-0.05, 0) is 73.3 Å². The molecule has 3 rings (SSSR count). The fraction of sp³-hybridized carbons (Fsp3) is 0.394. The van der Waals surface area contributed by atoms with Crippen molar-refractivity contribution in [1.82, 2.24) is 26.6 Å². The second kappa shape index (κ2) is 17.6. The summed E-state index contributed by atoms with van der Waals surface area (Å²) in [6.45, 7) is 6.28. The van der Waals surface area contributed by atoms with Crippen LogP contribution in [0.1, 0.15) is 65.1 Å². The van der Waals surface area contributed by atoms with Crippen molar-refractivity contribution < 1.29 is 27.6 Å². The molecule has 14 heteroatoms. The molecule has 3 atom stereocenters. The summed E-state index contributed by atoms with van der Waals surface area (Å²) >= 11 is 1.51. The van der Waals surface area contributed by atoms with Gasteiger partial charge in [0.1, 0.15) is 0 Å². The monoisotopic (exact) mass is 684 g/mol. The van der Waals surface area contributed by atoms with Crippen molar-refractivity contribution in [3.05, 3.63) is 87.6 Å². The summed E-state index contributed by atoms with van der Waals surface area (Å²) in [5.41, 5.74) is 2.25. The Morgan fingerprint density at radius 1 is 0.915 bits per heavy atom. The summed E-state index contributed by atoms with van der Waals surface area (Å²) in [6, 6.07) is 14.3. The fourth-order valence-corrected chi connectivity index (χ4v) is 5.86. The van der Waals surface area contributed by atoms with E-state index in [9.17, 15) is 27.6 Å². The standard InChI is InChI=1S/C33H44N6O6S2/c1-6-34-30(40)12-14-35-31(41)23(3)36-20-28(16-24-10-8-7-9-11-24)38-33(43)27-17-26(18-29(19-27)39(4)47(5,44)45)32(42)37-22(2)25-13-15-46-21-25/h7-11,13,15,17-19,21-23,28,36H,6,12,14,16,20H2,1-5H3,(H,34,40)(H,35,41)(H,37,42)(H,38,43)/t22?,23-,28-/m0/s1. The molecule has 0 aliphatic rings. The molecule has 0 saturated carbocycles. The lowest BCUT2D eigenvalue weighted by Crippen LogP contribution is -2.50. The second-order valence-corrected chi connectivity index (χ2v) is 14.0. The minimum absolute atomic E-state index is 0.0977. The summed E-state index contributed by atoms with van der Waals surface area (Å²) in [7, 11) is -2.35. The molecular weight excluding hydrogens is 641 g/mol. The highest BCUT2D eigenvalue weighted by atomic mass is 32.2. The van der Waals surface area contributed by atoms with Crippen molar-refractivity contribution in [2.75, 3.05) is 37.2 Å². The average Bonchev–Trinajstić information content (AvgIpc) is 3.58. The van der Waals surface area contributed by atoms with Crippen molar-refractivity contribution in [1.29, 1.82) is 0 Å². The van der Waals surface area contributed by atoms with Gasteiger partial charge in [-0.2, -0.15) is 11.3 Å². The molecule has 2 aromatic carbocycles. The van der Waals surface area contributed by atoms with Gasteiger partial charge in [-0.1, -0.05) is 30.3 Å². The molecule has 47 heavy (non-hydrogen) atoms. The van der Waals surface area contributed by atoms with Crippen LogP contribution >= 0.6 is 11.3 Å². The molecule has 1 unspecified atom stereocenters. The minimum atomic E-state index is -3.70. The normalized spacial score (nSPS) is 13.1. The number of nitrogens with zero attached hydrogens (tertiary/aromatic N) is 1. The number of benzene rings is 2. The molecule has 3 aromatic rings. The Morgan fingerprint density at radius 3 is 2.17 bits per heavy atom. The third-order valence-electron chi connectivity index (χ3n) is 7.44. The van der Waals surface area contributed by atoms with Crippen LogP contribution in [0.4, 0.5) is 5.69 Å². The van der Waals surface area contributed by atoms with Crippen LogP contribution in [-0.2, 0) is 26.0 Å². The Labute approximate surface area is 280 Å². The van der Waals surface area contributed by atoms with Gasteiger partial charge in [-0.25, -0.2) is 8.42 Å². The predicted molar refractivity (Wildman–Crippen MR) is 185 cm³/mol. The number of carbonyl (C=O) groups excluding carboxylic acids is 4. The van der Waals surface area contributed by atoms with E-state index in [4.69, 9.17) is 0 Å². The van der Waals surface area contributed by atoms with Gasteiger partial charge in [0.05, 0.1) is 24.0 Å². The first-order valence-corrected chi connectivity index (χ1v) is 18.1. The molecule has 0 fully saturated rings. The summed E-state index contributed by atoms with van der Waals surface area (Å²) < 4.78 is 25.8. The van der Waals surface area contributed by atoms with E-state index in [1.54, 1.807) is 6.92 Å². The number of hydrogen-bond acceptors (Lipinski definition) is 8. The number of thiophene rings is 1. The summed E-state index contributed by atoms with van der Waals surface area (Å²) in [5, 5.41) is 18.3. The van der Waals surface area contributed by atoms with Crippen LogP contribution in [0.5, 0.6) is 0 Å². The van der Waals surface area contributed by atoms with E-state index in [-0.39, 0.29) is 54.2 Å². The van der Waals surface area contributed by atoms with E-state index in [0.717, 1.165) is 21.7 Å². The number of amides is 4. The van der Waals surface area contributed by atoms with E-state index >= 15 is 0 Å². The lowest BCUT2D eigenvalue weighted by molar-refractivity contribution is -0.123. The first-order valence-electron chi connectivity index (χ1n) is 15.3. The lowest BCUT2D eigenvalue weighted by atomic mass is 10.0. The minimum Gasteiger partial charge on any atom is -0.356 e. The SMILES string of the molecule is CCNC(=O)CCNC(=O)[C@H](C)NC[C@H](Cc1ccccc1)NC(=O)c1cc(C(=O)NC(C)c2ccsc2)cc(N(C)S(C)(=O)=O)c1. The molecular formula is C33H44N6O6S2. The Kier molecular flexibility index (Phi) is 13.9. The van der Waals surface area contributed by atoms with E-state index in [2.05, 4.69) is 26.6 Å². The van der Waals surface area contributed by atoms with Crippen LogP contribution in [0.2, 0.25) is 0 Å². The zero-order valence-corrected chi connectivity index (χ0v) is 29.0. The molecule has 0 bridgehead atoms. The molecule has 0 saturated heterocycles. The van der Waals surface area contributed by atoms with Crippen molar-refractivity contribution in [3.63, 3.8) is 0 Å². The van der Waals surface area contributed by atoms with Crippen molar-refractivity contribution in [3.8, 4) is 0 Å². The van der Waals surface area contributed by atoms with E-state index in [0.29, 0.717) is 13.0 Å². The van der Waals surface area contributed by atoms with Crippen LogP contribution in [0.25, 0.3) is 0 Å². The molecule has 0 aliphatic heterocycles. The number of sulfonamides is 1. The van der Waals surface area contributed by atoms with Gasteiger partial charge in [0.15, 0.2) is 0 Å². The van der Waals surface area contributed by atoms with Gasteiger partial charge in [-0.15, -0.1) is 0 Å². The van der Waals surface area contributed by atoms with Gasteiger partial charge in [-0.3, -0.25) is 23.5 Å². The zero-order chi connectivity index (χ0) is 34.6. The van der Waals surface area contributed by atoms with E-state index in [1.807, 2.05) is 61.0 Å². The first-order chi connectivity index (χ1) is 22.3. The lowest BCUT2D eigenvalue weighted by Gasteiger charge is -2.23. The Hall–Kier alpha value is -4.27. The maximum Gasteiger partial charge on any atom is 0.251 e. The highest BCUT2D eigenvalue weighted by Gasteiger charge is 2.23. The predicted octanol–water partition coefficient (Wildman–Crippen LogP) is 2.60. The molecule has 1 heterocycles. The maximum absolute atomic E-state index is 13.7. The van der Waals surface area contributed by atoms with Crippen LogP contribution < -0.4 is 30.9 Å². The van der Waals surface area contributed by atoms with Gasteiger partial charge >= 0.3 is 0 Å². The van der Waals surface area contributed by atoms with Crippen LogP contribution in [0.3, 0.4) is 0 Å². The second-order valence-electron chi connectivity index (χ2n) is 11.2. The maximum atomic E-state index is 13.7. The third kappa shape index (κ3) is 11.8. The van der Waals surface area contributed by atoms with Crippen molar-refractivity contribution in [2.24, 2.45) is 0 Å². The Morgan fingerprint density at radius 2 is 1.57 bits per heavy atom. The Balaban J connectivity index is 1.81. The summed E-state index contributed by atoms with van der Waals surface area (Å²) in [4.78, 5) is 51.4. The van der Waals surface area contributed by atoms with Crippen LogP contribution in [-0.4, -0.2) is 77.1 Å². The number of hydrogen-bond donors (Lipinski definition) is 5. The largest absolute Gasteiger partial charge is 0.356 e. The van der Waals surface area contributed by atoms with Gasteiger partial charge in [0.25, 0.3) is 11.8 Å². The van der Waals surface area contributed by atoms with Gasteiger partial charge in [0.2, 0.25) is 21.8 Å². The molecule has 254 valence electrons.